The van der Waals surface area contributed by atoms with E-state index in [4.69, 9.17) is 13.9 Å². The lowest BCUT2D eigenvalue weighted by Crippen LogP contribution is -2.15. The summed E-state index contributed by atoms with van der Waals surface area (Å²) in [5.74, 6) is -0.0359. The van der Waals surface area contributed by atoms with Crippen molar-refractivity contribution in [3.05, 3.63) is 75.4 Å². The number of methoxy groups -OCH3 is 1. The van der Waals surface area contributed by atoms with E-state index in [0.717, 1.165) is 30.1 Å². The molecule has 2 aromatic heterocycles. The quantitative estimate of drug-likeness (QED) is 0.359. The topological polar surface area (TPSA) is 70.7 Å². The molecular weight excluding hydrogens is 438 g/mol. The molecule has 1 aromatic carbocycles. The number of ketones is 1. The van der Waals surface area contributed by atoms with Crippen molar-refractivity contribution in [2.45, 2.75) is 26.8 Å². The van der Waals surface area contributed by atoms with Crippen LogP contribution in [0.1, 0.15) is 37.9 Å². The van der Waals surface area contributed by atoms with Gasteiger partial charge in [-0.15, -0.1) is 0 Å². The molecule has 2 heterocycles. The first-order valence-corrected chi connectivity index (χ1v) is 9.93. The van der Waals surface area contributed by atoms with Gasteiger partial charge in [0.15, 0.2) is 11.3 Å². The highest BCUT2D eigenvalue weighted by molar-refractivity contribution is 9.10. The van der Waals surface area contributed by atoms with Crippen LogP contribution in [0, 0.1) is 13.8 Å². The van der Waals surface area contributed by atoms with Crippen LogP contribution in [0.5, 0.6) is 5.75 Å². The number of carbonyl (C=O) groups excluding carboxylic acids is 2. The van der Waals surface area contributed by atoms with Gasteiger partial charge in [0, 0.05) is 23.5 Å². The minimum absolute atomic E-state index is 0.0506. The molecule has 0 aliphatic carbocycles. The summed E-state index contributed by atoms with van der Waals surface area (Å²) >= 11 is 3.13. The fourth-order valence-corrected chi connectivity index (χ4v) is 3.47. The fraction of sp³-hybridized carbons (Fsp3) is 0.273. The molecule has 0 saturated carbocycles. The molecule has 6 nitrogen and oxygen atoms in total. The molecule has 0 radical (unpaired) electrons. The average molecular weight is 460 g/mol. The van der Waals surface area contributed by atoms with Gasteiger partial charge in [-0.25, -0.2) is 4.79 Å². The normalized spacial score (nSPS) is 10.8. The minimum atomic E-state index is -0.669. The molecule has 0 fully saturated rings. The van der Waals surface area contributed by atoms with E-state index < -0.39 is 5.97 Å². The lowest BCUT2D eigenvalue weighted by molar-refractivity contribution is 0.0442. The summed E-state index contributed by atoms with van der Waals surface area (Å²) in [4.78, 5) is 24.5. The van der Waals surface area contributed by atoms with Crippen molar-refractivity contribution >= 4 is 27.7 Å². The highest BCUT2D eigenvalue weighted by atomic mass is 79.9. The van der Waals surface area contributed by atoms with Crippen molar-refractivity contribution in [1.29, 1.82) is 0 Å². The second-order valence-electron chi connectivity index (χ2n) is 6.64. The van der Waals surface area contributed by atoms with Gasteiger partial charge in [-0.05, 0) is 72.1 Å². The molecule has 3 rings (SSSR count). The molecule has 0 aliphatic rings. The number of hydrogen-bond acceptors (Lipinski definition) is 5. The molecule has 0 atom stereocenters. The van der Waals surface area contributed by atoms with Crippen molar-refractivity contribution in [1.82, 2.24) is 4.57 Å². The molecule has 29 heavy (non-hydrogen) atoms. The second-order valence-corrected chi connectivity index (χ2v) is 7.42. The van der Waals surface area contributed by atoms with Gasteiger partial charge in [0.1, 0.15) is 5.75 Å². The maximum absolute atomic E-state index is 12.6. The smallest absolute Gasteiger partial charge is 0.374 e. The van der Waals surface area contributed by atoms with Crippen LogP contribution in [0.15, 0.2) is 51.6 Å². The number of halogens is 1. The van der Waals surface area contributed by atoms with Crippen LogP contribution in [0.25, 0.3) is 0 Å². The zero-order chi connectivity index (χ0) is 21.0. The Hall–Kier alpha value is -2.80. The molecule has 0 unspecified atom stereocenters. The van der Waals surface area contributed by atoms with Gasteiger partial charge >= 0.3 is 5.97 Å². The minimum Gasteiger partial charge on any atom is -0.497 e. The Morgan fingerprint density at radius 1 is 1.10 bits per heavy atom. The largest absolute Gasteiger partial charge is 0.497 e. The zero-order valence-corrected chi connectivity index (χ0v) is 18.1. The third-order valence-electron chi connectivity index (χ3n) is 4.77. The van der Waals surface area contributed by atoms with Crippen LogP contribution in [0.4, 0.5) is 0 Å². The Labute approximate surface area is 177 Å². The van der Waals surface area contributed by atoms with E-state index in [0.29, 0.717) is 10.2 Å². The van der Waals surface area contributed by atoms with Crippen LogP contribution in [-0.2, 0) is 17.7 Å². The lowest BCUT2D eigenvalue weighted by Gasteiger charge is -2.10. The van der Waals surface area contributed by atoms with Gasteiger partial charge in [0.05, 0.1) is 7.11 Å². The molecular formula is C22H22BrNO5. The van der Waals surface area contributed by atoms with E-state index in [1.807, 2.05) is 44.2 Å². The average Bonchev–Trinajstić information content (AvgIpc) is 3.28. The summed E-state index contributed by atoms with van der Waals surface area (Å²) < 4.78 is 17.9. The Kier molecular flexibility index (Phi) is 6.59. The zero-order valence-electron chi connectivity index (χ0n) is 16.5. The SMILES string of the molecule is COc1ccc(CCn2c(C)cc(C(=O)COC(=O)c3ccc(Br)o3)c2C)cc1. The Balaban J connectivity index is 1.62. The summed E-state index contributed by atoms with van der Waals surface area (Å²) in [7, 11) is 1.64. The van der Waals surface area contributed by atoms with Crippen LogP contribution in [0.3, 0.4) is 0 Å². The molecule has 3 aromatic rings. The van der Waals surface area contributed by atoms with E-state index in [9.17, 15) is 9.59 Å². The number of aromatic nitrogens is 1. The monoisotopic (exact) mass is 459 g/mol. The molecule has 0 bridgehead atoms. The van der Waals surface area contributed by atoms with E-state index in [1.165, 1.54) is 11.6 Å². The predicted octanol–water partition coefficient (Wildman–Crippen LogP) is 4.75. The first-order chi connectivity index (χ1) is 13.9. The van der Waals surface area contributed by atoms with Crippen molar-refractivity contribution in [2.75, 3.05) is 13.7 Å². The third kappa shape index (κ3) is 4.98. The van der Waals surface area contributed by atoms with Gasteiger partial charge in [-0.2, -0.15) is 0 Å². The number of esters is 1. The van der Waals surface area contributed by atoms with Gasteiger partial charge in [-0.1, -0.05) is 12.1 Å². The van der Waals surface area contributed by atoms with Gasteiger partial charge < -0.3 is 18.5 Å². The first-order valence-electron chi connectivity index (χ1n) is 9.14. The molecule has 7 heteroatoms. The number of furan rings is 1. The van der Waals surface area contributed by atoms with Crippen LogP contribution in [0.2, 0.25) is 0 Å². The van der Waals surface area contributed by atoms with E-state index >= 15 is 0 Å². The Morgan fingerprint density at radius 3 is 2.45 bits per heavy atom. The molecule has 0 N–H and O–H groups in total. The Morgan fingerprint density at radius 2 is 1.83 bits per heavy atom. The standard InChI is InChI=1S/C22H22BrNO5/c1-14-12-18(19(25)13-28-22(26)20-8-9-21(23)29-20)15(2)24(14)11-10-16-4-6-17(27-3)7-5-16/h4-9,12H,10-11,13H2,1-3H3. The summed E-state index contributed by atoms with van der Waals surface area (Å²) in [5, 5.41) is 0. The van der Waals surface area contributed by atoms with Crippen molar-refractivity contribution in [3.8, 4) is 5.75 Å². The molecule has 0 aliphatic heterocycles. The molecule has 0 saturated heterocycles. The van der Waals surface area contributed by atoms with E-state index in [1.54, 1.807) is 13.2 Å². The summed E-state index contributed by atoms with van der Waals surface area (Å²) in [6.45, 7) is 4.28. The van der Waals surface area contributed by atoms with E-state index in [-0.39, 0.29) is 18.2 Å². The number of hydrogen-bond donors (Lipinski definition) is 0. The van der Waals surface area contributed by atoms with Crippen LogP contribution >= 0.6 is 15.9 Å². The highest BCUT2D eigenvalue weighted by Crippen LogP contribution is 2.19. The van der Waals surface area contributed by atoms with Gasteiger partial charge in [0.2, 0.25) is 11.5 Å². The maximum Gasteiger partial charge on any atom is 0.374 e. The number of Topliss-reactive ketones (excluding diaryl/α,β-unsaturated/α-hetero) is 1. The summed E-state index contributed by atoms with van der Waals surface area (Å²) in [6.07, 6.45) is 0.830. The number of rotatable bonds is 8. The van der Waals surface area contributed by atoms with Gasteiger partial charge in [-0.3, -0.25) is 4.79 Å². The number of ether oxygens (including phenoxy) is 2. The summed E-state index contributed by atoms with van der Waals surface area (Å²) in [5.41, 5.74) is 3.59. The lowest BCUT2D eigenvalue weighted by atomic mass is 10.1. The predicted molar refractivity (Wildman–Crippen MR) is 112 cm³/mol. The first kappa shape index (κ1) is 20.9. The molecule has 0 spiro atoms. The van der Waals surface area contributed by atoms with Crippen LogP contribution in [-0.4, -0.2) is 30.0 Å². The van der Waals surface area contributed by atoms with Crippen molar-refractivity contribution in [2.24, 2.45) is 0 Å². The number of nitrogens with zero attached hydrogens (tertiary/aromatic N) is 1. The second kappa shape index (κ2) is 9.13. The number of aryl methyl sites for hydroxylation is 2. The summed E-state index contributed by atoms with van der Waals surface area (Å²) in [6, 6.07) is 12.9. The third-order valence-corrected chi connectivity index (χ3v) is 5.19. The Bertz CT molecular complexity index is 1020. The molecule has 152 valence electrons. The van der Waals surface area contributed by atoms with E-state index in [2.05, 4.69) is 20.5 Å². The van der Waals surface area contributed by atoms with Crippen molar-refractivity contribution in [3.63, 3.8) is 0 Å². The van der Waals surface area contributed by atoms with Crippen LogP contribution < -0.4 is 4.74 Å². The number of benzene rings is 1. The molecule has 0 amide bonds. The van der Waals surface area contributed by atoms with Crippen molar-refractivity contribution < 1.29 is 23.5 Å². The highest BCUT2D eigenvalue weighted by Gasteiger charge is 2.19. The number of carbonyl (C=O) groups is 2. The maximum atomic E-state index is 12.6. The fourth-order valence-electron chi connectivity index (χ4n) is 3.16. The van der Waals surface area contributed by atoms with Gasteiger partial charge in [0.25, 0.3) is 0 Å².